The van der Waals surface area contributed by atoms with Gasteiger partial charge in [0.25, 0.3) is 0 Å². The van der Waals surface area contributed by atoms with Crippen LogP contribution in [0.5, 0.6) is 5.75 Å². The summed E-state index contributed by atoms with van der Waals surface area (Å²) in [7, 11) is -4.51. The first-order valence-electron chi connectivity index (χ1n) is 5.13. The lowest BCUT2D eigenvalue weighted by atomic mass is 10.3. The molecule has 94 valence electrons. The van der Waals surface area contributed by atoms with E-state index in [-0.39, 0.29) is 5.69 Å². The highest BCUT2D eigenvalue weighted by Gasteiger charge is 2.21. The van der Waals surface area contributed by atoms with E-state index in [1.807, 2.05) is 0 Å². The van der Waals surface area contributed by atoms with Gasteiger partial charge in [0.1, 0.15) is 0 Å². The van der Waals surface area contributed by atoms with Crippen LogP contribution in [0.4, 0.5) is 5.69 Å². The van der Waals surface area contributed by atoms with Crippen LogP contribution >= 0.6 is 0 Å². The zero-order valence-electron chi connectivity index (χ0n) is 9.30. The van der Waals surface area contributed by atoms with Crippen molar-refractivity contribution >= 4 is 16.0 Å². The first kappa shape index (κ1) is 12.4. The lowest BCUT2D eigenvalue weighted by molar-refractivity contribution is 0.316. The summed E-state index contributed by atoms with van der Waals surface area (Å²) >= 11 is 0. The van der Waals surface area contributed by atoms with E-state index >= 15 is 0 Å². The van der Waals surface area contributed by atoms with E-state index in [0.717, 1.165) is 0 Å². The molecule has 0 radical (unpaired) electrons. The molecule has 2 rings (SSSR count). The average molecular weight is 265 g/mol. The second kappa shape index (κ2) is 5.07. The molecule has 2 aromatic rings. The van der Waals surface area contributed by atoms with E-state index in [2.05, 4.69) is 0 Å². The van der Waals surface area contributed by atoms with Crippen molar-refractivity contribution in [1.82, 2.24) is 0 Å². The number of rotatable bonds is 4. The van der Waals surface area contributed by atoms with Crippen LogP contribution in [0.15, 0.2) is 60.7 Å². The standard InChI is InChI=1S/C12H11NO4S/c14-18(15,16)13(11-7-3-1-4-8-11)17-12-9-5-2-6-10-12/h1-10H,(H,14,15,16). The van der Waals surface area contributed by atoms with Gasteiger partial charge in [0.2, 0.25) is 0 Å². The van der Waals surface area contributed by atoms with E-state index < -0.39 is 10.3 Å². The predicted molar refractivity (Wildman–Crippen MR) is 67.5 cm³/mol. The largest absolute Gasteiger partial charge is 0.391 e. The quantitative estimate of drug-likeness (QED) is 0.680. The van der Waals surface area contributed by atoms with Gasteiger partial charge < -0.3 is 4.84 Å². The van der Waals surface area contributed by atoms with Crippen molar-refractivity contribution in [2.75, 3.05) is 4.47 Å². The fourth-order valence-corrected chi connectivity index (χ4v) is 1.93. The topological polar surface area (TPSA) is 66.8 Å². The molecule has 18 heavy (non-hydrogen) atoms. The van der Waals surface area contributed by atoms with Crippen LogP contribution in [0, 0.1) is 0 Å². The monoisotopic (exact) mass is 265 g/mol. The zero-order chi connectivity index (χ0) is 13.0. The van der Waals surface area contributed by atoms with Crippen LogP contribution in [0.1, 0.15) is 0 Å². The smallest absolute Gasteiger partial charge is 0.363 e. The second-order valence-corrected chi connectivity index (χ2v) is 4.67. The van der Waals surface area contributed by atoms with Gasteiger partial charge in [-0.15, -0.1) is 0 Å². The van der Waals surface area contributed by atoms with Crippen molar-refractivity contribution in [2.24, 2.45) is 0 Å². The number of hydrogen-bond donors (Lipinski definition) is 1. The molecule has 6 heteroatoms. The summed E-state index contributed by atoms with van der Waals surface area (Å²) in [5.74, 6) is 0.305. The molecule has 0 bridgehead atoms. The number of hydrogen-bond acceptors (Lipinski definition) is 3. The van der Waals surface area contributed by atoms with E-state index in [1.54, 1.807) is 48.5 Å². The van der Waals surface area contributed by atoms with Crippen LogP contribution in [0.3, 0.4) is 0 Å². The Bertz CT molecular complexity index is 598. The molecule has 0 aromatic heterocycles. The molecule has 0 aliphatic rings. The molecule has 0 spiro atoms. The number of para-hydroxylation sites is 2. The van der Waals surface area contributed by atoms with Crippen LogP contribution in [-0.4, -0.2) is 13.0 Å². The summed E-state index contributed by atoms with van der Waals surface area (Å²) in [5.41, 5.74) is 0.212. The molecule has 0 fully saturated rings. The maximum atomic E-state index is 11.3. The number of anilines is 1. The number of benzene rings is 2. The van der Waals surface area contributed by atoms with Gasteiger partial charge in [-0.2, -0.15) is 8.42 Å². The minimum atomic E-state index is -4.51. The van der Waals surface area contributed by atoms with Gasteiger partial charge in [-0.3, -0.25) is 4.55 Å². The minimum Gasteiger partial charge on any atom is -0.363 e. The highest BCUT2D eigenvalue weighted by molar-refractivity contribution is 7.87. The Labute approximate surface area is 105 Å². The summed E-state index contributed by atoms with van der Waals surface area (Å²) in [6.07, 6.45) is 0. The SMILES string of the molecule is O=S(=O)(O)N(Oc1ccccc1)c1ccccc1. The van der Waals surface area contributed by atoms with Crippen LogP contribution in [-0.2, 0) is 10.3 Å². The first-order valence-corrected chi connectivity index (χ1v) is 6.53. The van der Waals surface area contributed by atoms with Gasteiger partial charge in [-0.1, -0.05) is 40.9 Å². The summed E-state index contributed by atoms with van der Waals surface area (Å²) in [4.78, 5) is 5.16. The normalized spacial score (nSPS) is 10.9. The molecule has 0 saturated carbocycles. The molecule has 0 unspecified atom stereocenters. The third-order valence-electron chi connectivity index (χ3n) is 2.11. The summed E-state index contributed by atoms with van der Waals surface area (Å²) < 4.78 is 32.2. The van der Waals surface area contributed by atoms with Crippen LogP contribution < -0.4 is 9.31 Å². The lowest BCUT2D eigenvalue weighted by Gasteiger charge is -2.20. The molecular formula is C12H11NO4S. The second-order valence-electron chi connectivity index (χ2n) is 3.44. The Morgan fingerprint density at radius 2 is 1.39 bits per heavy atom. The zero-order valence-corrected chi connectivity index (χ0v) is 10.1. The molecule has 0 heterocycles. The first-order chi connectivity index (χ1) is 8.57. The van der Waals surface area contributed by atoms with Crippen molar-refractivity contribution in [3.05, 3.63) is 60.7 Å². The van der Waals surface area contributed by atoms with Crippen molar-refractivity contribution in [3.8, 4) is 5.75 Å². The predicted octanol–water partition coefficient (Wildman–Crippen LogP) is 2.29. The minimum absolute atomic E-state index is 0.212. The summed E-state index contributed by atoms with van der Waals surface area (Å²) in [6, 6.07) is 16.4. The summed E-state index contributed by atoms with van der Waals surface area (Å²) in [6.45, 7) is 0. The Kier molecular flexibility index (Phi) is 3.50. The van der Waals surface area contributed by atoms with Crippen molar-refractivity contribution < 1.29 is 17.8 Å². The van der Waals surface area contributed by atoms with Crippen molar-refractivity contribution in [3.63, 3.8) is 0 Å². The average Bonchev–Trinajstić information content (AvgIpc) is 2.37. The highest BCUT2D eigenvalue weighted by Crippen LogP contribution is 2.20. The van der Waals surface area contributed by atoms with Gasteiger partial charge in [-0.25, -0.2) is 0 Å². The lowest BCUT2D eigenvalue weighted by Crippen LogP contribution is -2.33. The van der Waals surface area contributed by atoms with E-state index in [9.17, 15) is 8.42 Å². The van der Waals surface area contributed by atoms with E-state index in [1.165, 1.54) is 12.1 Å². The Hall–Kier alpha value is -2.05. The fraction of sp³-hybridized carbons (Fsp3) is 0. The van der Waals surface area contributed by atoms with Gasteiger partial charge in [0.15, 0.2) is 5.75 Å². The Balaban J connectivity index is 2.34. The Morgan fingerprint density at radius 3 is 1.89 bits per heavy atom. The van der Waals surface area contributed by atoms with Gasteiger partial charge in [-0.05, 0) is 24.3 Å². The van der Waals surface area contributed by atoms with Gasteiger partial charge in [0.05, 0.1) is 5.69 Å². The maximum Gasteiger partial charge on any atom is 0.391 e. The molecule has 5 nitrogen and oxygen atoms in total. The molecule has 0 aliphatic carbocycles. The summed E-state index contributed by atoms with van der Waals surface area (Å²) in [5, 5.41) is 0. The van der Waals surface area contributed by atoms with Crippen LogP contribution in [0.2, 0.25) is 0 Å². The molecule has 0 aliphatic heterocycles. The third kappa shape index (κ3) is 2.99. The molecule has 1 N–H and O–H groups in total. The fourth-order valence-electron chi connectivity index (χ4n) is 1.36. The maximum absolute atomic E-state index is 11.3. The Morgan fingerprint density at radius 1 is 0.889 bits per heavy atom. The molecular weight excluding hydrogens is 254 g/mol. The van der Waals surface area contributed by atoms with Crippen LogP contribution in [0.25, 0.3) is 0 Å². The molecule has 0 amide bonds. The van der Waals surface area contributed by atoms with Crippen molar-refractivity contribution in [1.29, 1.82) is 0 Å². The van der Waals surface area contributed by atoms with E-state index in [0.29, 0.717) is 10.2 Å². The van der Waals surface area contributed by atoms with Gasteiger partial charge in [0, 0.05) is 0 Å². The molecule has 2 aromatic carbocycles. The highest BCUT2D eigenvalue weighted by atomic mass is 32.2. The van der Waals surface area contributed by atoms with E-state index in [4.69, 9.17) is 9.39 Å². The van der Waals surface area contributed by atoms with Crippen molar-refractivity contribution in [2.45, 2.75) is 0 Å². The van der Waals surface area contributed by atoms with Gasteiger partial charge >= 0.3 is 10.3 Å². The molecule has 0 saturated heterocycles. The number of nitrogens with zero attached hydrogens (tertiary/aromatic N) is 1. The molecule has 0 atom stereocenters. The third-order valence-corrected chi connectivity index (χ3v) is 2.81.